The third-order valence-electron chi connectivity index (χ3n) is 4.76. The largest absolute Gasteiger partial charge is 0.483 e. The third-order valence-corrected chi connectivity index (χ3v) is 4.76. The fourth-order valence-corrected chi connectivity index (χ4v) is 3.49. The maximum atomic E-state index is 12.3. The number of nitrogens with zero attached hydrogens (tertiary/aromatic N) is 1. The number of hydrogen-bond acceptors (Lipinski definition) is 4. The van der Waals surface area contributed by atoms with Crippen molar-refractivity contribution in [2.75, 3.05) is 6.61 Å². The summed E-state index contributed by atoms with van der Waals surface area (Å²) in [4.78, 5) is 17.0. The number of amidine groups is 1. The van der Waals surface area contributed by atoms with Crippen LogP contribution in [0.1, 0.15) is 58.9 Å². The molecule has 3 rings (SSSR count). The summed E-state index contributed by atoms with van der Waals surface area (Å²) in [6.07, 6.45) is 4.54. The van der Waals surface area contributed by atoms with Crippen molar-refractivity contribution in [3.05, 3.63) is 35.0 Å². The lowest BCUT2D eigenvalue weighted by Gasteiger charge is -2.18. The Labute approximate surface area is 155 Å². The molecule has 0 atom stereocenters. The Balaban J connectivity index is 1.62. The van der Waals surface area contributed by atoms with Gasteiger partial charge in [0.25, 0.3) is 5.91 Å². The zero-order chi connectivity index (χ0) is 18.7. The average molecular weight is 356 g/mol. The second-order valence-corrected chi connectivity index (χ2v) is 7.61. The highest BCUT2D eigenvalue weighted by Gasteiger charge is 2.32. The van der Waals surface area contributed by atoms with Crippen LogP contribution in [0.25, 0.3) is 0 Å². The minimum Gasteiger partial charge on any atom is -0.483 e. The van der Waals surface area contributed by atoms with Crippen LogP contribution in [-0.2, 0) is 11.2 Å². The quantitative estimate of drug-likeness (QED) is 0.881. The molecule has 26 heavy (non-hydrogen) atoms. The first-order valence-electron chi connectivity index (χ1n) is 9.37. The van der Waals surface area contributed by atoms with E-state index in [9.17, 15) is 4.79 Å². The molecule has 0 saturated carbocycles. The zero-order valence-corrected chi connectivity index (χ0v) is 16.1. The number of amides is 1. The topological polar surface area (TPSA) is 59.9 Å². The Hall–Kier alpha value is -2.30. The summed E-state index contributed by atoms with van der Waals surface area (Å²) < 4.78 is 11.7. The third kappa shape index (κ3) is 4.26. The second-order valence-electron chi connectivity index (χ2n) is 7.61. The van der Waals surface area contributed by atoms with Gasteiger partial charge in [-0.05, 0) is 46.1 Å². The number of allylic oxidation sites excluding steroid dienone is 2. The van der Waals surface area contributed by atoms with Gasteiger partial charge in [-0.1, -0.05) is 24.6 Å². The number of nitrogens with one attached hydrogen (secondary N) is 1. The molecule has 1 aromatic carbocycles. The number of ether oxygens (including phenoxy) is 2. The average Bonchev–Trinajstić information content (AvgIpc) is 2.80. The van der Waals surface area contributed by atoms with Gasteiger partial charge in [0.15, 0.2) is 18.1 Å². The van der Waals surface area contributed by atoms with Gasteiger partial charge in [-0.15, -0.1) is 0 Å². The molecule has 0 spiro atoms. The van der Waals surface area contributed by atoms with Crippen molar-refractivity contribution >= 4 is 11.7 Å². The van der Waals surface area contributed by atoms with E-state index in [1.807, 2.05) is 18.2 Å². The highest BCUT2D eigenvalue weighted by atomic mass is 16.5. The molecule has 0 bridgehead atoms. The molecular weight excluding hydrogens is 328 g/mol. The molecule has 0 aliphatic carbocycles. The first-order chi connectivity index (χ1) is 12.4. The molecule has 0 saturated heterocycles. The highest BCUT2D eigenvalue weighted by Crippen LogP contribution is 2.41. The summed E-state index contributed by atoms with van der Waals surface area (Å²) in [6.45, 7) is 8.26. The first kappa shape index (κ1) is 18.5. The summed E-state index contributed by atoms with van der Waals surface area (Å²) in [6, 6.07) is 5.82. The minimum absolute atomic E-state index is 0.0522. The van der Waals surface area contributed by atoms with Crippen LogP contribution in [-0.4, -0.2) is 24.0 Å². The van der Waals surface area contributed by atoms with Crippen molar-refractivity contribution in [1.82, 2.24) is 5.32 Å². The molecule has 140 valence electrons. The Bertz CT molecular complexity index is 763. The van der Waals surface area contributed by atoms with Gasteiger partial charge in [0.05, 0.1) is 0 Å². The predicted octanol–water partition coefficient (Wildman–Crippen LogP) is 4.16. The van der Waals surface area contributed by atoms with Crippen LogP contribution >= 0.6 is 0 Å². The molecule has 0 aromatic heterocycles. The van der Waals surface area contributed by atoms with Crippen LogP contribution in [0.2, 0.25) is 0 Å². The minimum atomic E-state index is -0.236. The van der Waals surface area contributed by atoms with Crippen molar-refractivity contribution in [2.45, 2.75) is 65.4 Å². The van der Waals surface area contributed by atoms with Crippen LogP contribution in [0.4, 0.5) is 0 Å². The summed E-state index contributed by atoms with van der Waals surface area (Å²) in [5, 5.41) is 2.91. The standard InChI is InChI=1S/C21H28N2O3/c1-5-16-14(2)8-6-11-18(22-16)23-19(24)13-25-17-10-7-9-15-12-21(3,4)26-20(15)17/h7,9-10H,5-6,8,11-13H2,1-4H3,(H,22,23,24). The van der Waals surface area contributed by atoms with Gasteiger partial charge in [0.1, 0.15) is 11.4 Å². The van der Waals surface area contributed by atoms with Crippen LogP contribution < -0.4 is 14.8 Å². The molecule has 5 heteroatoms. The molecule has 2 aliphatic heterocycles. The number of para-hydroxylation sites is 1. The van der Waals surface area contributed by atoms with Crippen molar-refractivity contribution in [3.8, 4) is 11.5 Å². The molecule has 2 aliphatic rings. The molecule has 0 radical (unpaired) electrons. The number of aliphatic imine (C=N–C) groups is 1. The molecule has 5 nitrogen and oxygen atoms in total. The van der Waals surface area contributed by atoms with E-state index >= 15 is 0 Å². The van der Waals surface area contributed by atoms with E-state index in [-0.39, 0.29) is 18.1 Å². The van der Waals surface area contributed by atoms with E-state index in [0.717, 1.165) is 54.9 Å². The van der Waals surface area contributed by atoms with E-state index in [1.165, 1.54) is 5.57 Å². The molecular formula is C21H28N2O3. The smallest absolute Gasteiger partial charge is 0.263 e. The first-order valence-corrected chi connectivity index (χ1v) is 9.37. The number of carbonyl (C=O) groups is 1. The monoisotopic (exact) mass is 356 g/mol. The maximum Gasteiger partial charge on any atom is 0.263 e. The summed E-state index contributed by atoms with van der Waals surface area (Å²) in [5.74, 6) is 1.93. The molecule has 0 fully saturated rings. The van der Waals surface area contributed by atoms with Gasteiger partial charge in [-0.3, -0.25) is 4.79 Å². The summed E-state index contributed by atoms with van der Waals surface area (Å²) in [5.41, 5.74) is 3.27. The Morgan fingerprint density at radius 3 is 2.92 bits per heavy atom. The second kappa shape index (κ2) is 7.52. The Morgan fingerprint density at radius 2 is 2.15 bits per heavy atom. The number of rotatable bonds is 4. The van der Waals surface area contributed by atoms with Gasteiger partial charge >= 0.3 is 0 Å². The van der Waals surface area contributed by atoms with Gasteiger partial charge in [-0.2, -0.15) is 0 Å². The van der Waals surface area contributed by atoms with Gasteiger partial charge in [0.2, 0.25) is 0 Å². The molecule has 1 aromatic rings. The molecule has 1 amide bonds. The Morgan fingerprint density at radius 1 is 1.35 bits per heavy atom. The summed E-state index contributed by atoms with van der Waals surface area (Å²) in [7, 11) is 0. The van der Waals surface area contributed by atoms with E-state index in [0.29, 0.717) is 5.75 Å². The lowest BCUT2D eigenvalue weighted by atomic mass is 10.0. The van der Waals surface area contributed by atoms with Crippen molar-refractivity contribution in [3.63, 3.8) is 0 Å². The Kier molecular flexibility index (Phi) is 5.35. The lowest BCUT2D eigenvalue weighted by molar-refractivity contribution is -0.121. The molecule has 0 unspecified atom stereocenters. The van der Waals surface area contributed by atoms with Crippen molar-refractivity contribution in [1.29, 1.82) is 0 Å². The van der Waals surface area contributed by atoms with Gasteiger partial charge in [-0.25, -0.2) is 4.99 Å². The summed E-state index contributed by atoms with van der Waals surface area (Å²) >= 11 is 0. The van der Waals surface area contributed by atoms with E-state index in [2.05, 4.69) is 38.0 Å². The van der Waals surface area contributed by atoms with E-state index < -0.39 is 0 Å². The zero-order valence-electron chi connectivity index (χ0n) is 16.1. The van der Waals surface area contributed by atoms with Gasteiger partial charge < -0.3 is 14.8 Å². The van der Waals surface area contributed by atoms with Gasteiger partial charge in [0, 0.05) is 24.1 Å². The van der Waals surface area contributed by atoms with Crippen LogP contribution in [0.5, 0.6) is 11.5 Å². The number of hydrogen-bond donors (Lipinski definition) is 1. The van der Waals surface area contributed by atoms with Crippen molar-refractivity contribution in [2.24, 2.45) is 4.99 Å². The highest BCUT2D eigenvalue weighted by molar-refractivity contribution is 5.99. The molecule has 2 heterocycles. The number of carbonyl (C=O) groups excluding carboxylic acids is 1. The number of benzene rings is 1. The fraction of sp³-hybridized carbons (Fsp3) is 0.524. The number of fused-ring (bicyclic) bond motifs is 1. The van der Waals surface area contributed by atoms with Crippen LogP contribution in [0.15, 0.2) is 34.5 Å². The fourth-order valence-electron chi connectivity index (χ4n) is 3.49. The maximum absolute atomic E-state index is 12.3. The lowest BCUT2D eigenvalue weighted by Crippen LogP contribution is -2.34. The van der Waals surface area contributed by atoms with E-state index in [4.69, 9.17) is 9.47 Å². The van der Waals surface area contributed by atoms with Crippen molar-refractivity contribution < 1.29 is 14.3 Å². The molecule has 1 N–H and O–H groups in total. The van der Waals surface area contributed by atoms with Crippen LogP contribution in [0, 0.1) is 0 Å². The van der Waals surface area contributed by atoms with Crippen LogP contribution in [0.3, 0.4) is 0 Å². The predicted molar refractivity (Wildman–Crippen MR) is 103 cm³/mol. The normalized spacial score (nSPS) is 18.5. The van der Waals surface area contributed by atoms with E-state index in [1.54, 1.807) is 0 Å². The SMILES string of the molecule is CCC1=C(C)CCCC(NC(=O)COc2cccc3c2OC(C)(C)C3)=N1.